The Morgan fingerprint density at radius 3 is 2.50 bits per heavy atom. The number of hydrogen-bond acceptors (Lipinski definition) is 2. The highest BCUT2D eigenvalue weighted by Crippen LogP contribution is 2.35. The van der Waals surface area contributed by atoms with Crippen LogP contribution in [0.15, 0.2) is 90.6 Å². The van der Waals surface area contributed by atoms with E-state index < -0.39 is 0 Å². The predicted octanol–water partition coefficient (Wildman–Crippen LogP) is 4.84. The number of hydrogen-bond donors (Lipinski definition) is 0. The van der Waals surface area contributed by atoms with Gasteiger partial charge in [0, 0.05) is 22.5 Å². The minimum absolute atomic E-state index is 0.955. The molecule has 3 aromatic carbocycles. The van der Waals surface area contributed by atoms with Crippen LogP contribution < -0.4 is 10.4 Å². The summed E-state index contributed by atoms with van der Waals surface area (Å²) < 4.78 is 0. The van der Waals surface area contributed by atoms with Gasteiger partial charge in [-0.05, 0) is 63.1 Å². The molecule has 2 aliphatic rings. The van der Waals surface area contributed by atoms with Crippen molar-refractivity contribution in [1.29, 1.82) is 0 Å². The van der Waals surface area contributed by atoms with Crippen molar-refractivity contribution in [2.45, 2.75) is 0 Å². The smallest absolute Gasteiger partial charge is 0.0972 e. The molecule has 0 atom stereocenters. The molecule has 5 aromatic rings. The fraction of sp³-hybridized carbons (Fsp3) is 0. The van der Waals surface area contributed by atoms with Gasteiger partial charge in [-0.1, -0.05) is 60.7 Å². The zero-order chi connectivity index (χ0) is 19.7. The molecule has 0 radical (unpaired) electrons. The second-order valence-electron chi connectivity index (χ2n) is 7.92. The van der Waals surface area contributed by atoms with Gasteiger partial charge in [0.25, 0.3) is 0 Å². The number of rotatable bonds is 1. The van der Waals surface area contributed by atoms with E-state index >= 15 is 0 Å². The molecule has 7 rings (SSSR count). The van der Waals surface area contributed by atoms with Gasteiger partial charge in [0.15, 0.2) is 0 Å². The van der Waals surface area contributed by atoms with Crippen LogP contribution >= 0.6 is 0 Å². The summed E-state index contributed by atoms with van der Waals surface area (Å²) in [6.07, 6.45) is 6.42. The first-order chi connectivity index (χ1) is 14.8. The van der Waals surface area contributed by atoms with E-state index in [1.807, 2.05) is 12.3 Å². The van der Waals surface area contributed by atoms with Gasteiger partial charge in [0.2, 0.25) is 0 Å². The fourth-order valence-corrected chi connectivity index (χ4v) is 4.78. The molecule has 0 bridgehead atoms. The summed E-state index contributed by atoms with van der Waals surface area (Å²) in [7, 11) is 0. The molecular formula is C28H16N2. The number of pyridine rings is 2. The van der Waals surface area contributed by atoms with Crippen molar-refractivity contribution in [2.75, 3.05) is 0 Å². The van der Waals surface area contributed by atoms with E-state index in [-0.39, 0.29) is 0 Å². The lowest BCUT2D eigenvalue weighted by atomic mass is 10.0. The van der Waals surface area contributed by atoms with Gasteiger partial charge >= 0.3 is 0 Å². The van der Waals surface area contributed by atoms with E-state index in [2.05, 4.69) is 89.9 Å². The van der Waals surface area contributed by atoms with E-state index in [4.69, 9.17) is 4.98 Å². The highest BCUT2D eigenvalue weighted by Gasteiger charge is 2.21. The van der Waals surface area contributed by atoms with E-state index in [0.29, 0.717) is 0 Å². The van der Waals surface area contributed by atoms with Gasteiger partial charge in [-0.15, -0.1) is 0 Å². The highest BCUT2D eigenvalue weighted by atomic mass is 14.7. The van der Waals surface area contributed by atoms with Crippen LogP contribution in [0, 0.1) is 0 Å². The molecule has 138 valence electrons. The Balaban J connectivity index is 1.44. The van der Waals surface area contributed by atoms with Crippen molar-refractivity contribution < 1.29 is 0 Å². The van der Waals surface area contributed by atoms with Gasteiger partial charge < -0.3 is 0 Å². The van der Waals surface area contributed by atoms with Crippen LogP contribution in [-0.4, -0.2) is 9.97 Å². The summed E-state index contributed by atoms with van der Waals surface area (Å²) in [5.74, 6) is 0. The van der Waals surface area contributed by atoms with Gasteiger partial charge in [-0.2, -0.15) is 0 Å². The molecular weight excluding hydrogens is 364 g/mol. The molecule has 0 unspecified atom stereocenters. The van der Waals surface area contributed by atoms with Crippen molar-refractivity contribution in [3.8, 4) is 11.3 Å². The third kappa shape index (κ3) is 2.13. The van der Waals surface area contributed by atoms with Crippen LogP contribution in [0.1, 0.15) is 11.1 Å². The monoisotopic (exact) mass is 380 g/mol. The summed E-state index contributed by atoms with van der Waals surface area (Å²) in [6, 6.07) is 27.9. The standard InChI is InChI=1S/C28H16N2/c1-2-6-23-19(4-1)14-22-16-21-15-20(9-11-24(21)26(22)23)25-12-10-18-8-7-17-5-3-13-29-27(17)28(18)30-25/h1-16H. The van der Waals surface area contributed by atoms with Crippen molar-refractivity contribution in [1.82, 2.24) is 9.97 Å². The Kier molecular flexibility index (Phi) is 3.03. The first-order valence-corrected chi connectivity index (χ1v) is 10.2. The Morgan fingerprint density at radius 2 is 1.53 bits per heavy atom. The minimum Gasteiger partial charge on any atom is -0.254 e. The van der Waals surface area contributed by atoms with Crippen LogP contribution in [-0.2, 0) is 0 Å². The van der Waals surface area contributed by atoms with Crippen molar-refractivity contribution in [3.05, 3.63) is 112 Å². The number of benzene rings is 3. The fourth-order valence-electron chi connectivity index (χ4n) is 4.78. The second kappa shape index (κ2) is 5.74. The molecule has 0 aliphatic heterocycles. The Bertz CT molecular complexity index is 1690. The maximum absolute atomic E-state index is 5.01. The Morgan fingerprint density at radius 1 is 0.667 bits per heavy atom. The summed E-state index contributed by atoms with van der Waals surface area (Å²) in [6.45, 7) is 0. The molecule has 0 N–H and O–H groups in total. The topological polar surface area (TPSA) is 25.8 Å². The quantitative estimate of drug-likeness (QED) is 0.389. The van der Waals surface area contributed by atoms with E-state index in [1.165, 1.54) is 32.7 Å². The number of allylic oxidation sites excluding steroid dienone is 1. The molecule has 0 fully saturated rings. The zero-order valence-corrected chi connectivity index (χ0v) is 16.1. The van der Waals surface area contributed by atoms with Crippen LogP contribution in [0.5, 0.6) is 0 Å². The summed E-state index contributed by atoms with van der Waals surface area (Å²) in [4.78, 5) is 9.59. The van der Waals surface area contributed by atoms with Gasteiger partial charge in [0.1, 0.15) is 0 Å². The molecule has 0 saturated heterocycles. The molecule has 2 heteroatoms. The second-order valence-corrected chi connectivity index (χ2v) is 7.92. The van der Waals surface area contributed by atoms with E-state index in [0.717, 1.165) is 33.1 Å². The van der Waals surface area contributed by atoms with Gasteiger partial charge in [-0.3, -0.25) is 4.98 Å². The predicted molar refractivity (Wildman–Crippen MR) is 123 cm³/mol. The van der Waals surface area contributed by atoms with Gasteiger partial charge in [-0.25, -0.2) is 4.98 Å². The first kappa shape index (κ1) is 15.8. The Labute approximate surface area is 173 Å². The molecule has 2 aliphatic carbocycles. The normalized spacial score (nSPS) is 13.7. The summed E-state index contributed by atoms with van der Waals surface area (Å²) in [5.41, 5.74) is 9.33. The summed E-state index contributed by atoms with van der Waals surface area (Å²) >= 11 is 0. The van der Waals surface area contributed by atoms with Gasteiger partial charge in [0.05, 0.1) is 16.7 Å². The van der Waals surface area contributed by atoms with Crippen LogP contribution in [0.3, 0.4) is 0 Å². The lowest BCUT2D eigenvalue weighted by Gasteiger charge is -2.06. The van der Waals surface area contributed by atoms with Crippen LogP contribution in [0.4, 0.5) is 0 Å². The molecule has 0 spiro atoms. The lowest BCUT2D eigenvalue weighted by Crippen LogP contribution is -2.23. The highest BCUT2D eigenvalue weighted by molar-refractivity contribution is 6.04. The van der Waals surface area contributed by atoms with E-state index in [9.17, 15) is 0 Å². The number of nitrogens with zero attached hydrogens (tertiary/aromatic N) is 2. The largest absolute Gasteiger partial charge is 0.254 e. The minimum atomic E-state index is 0.955. The number of aromatic nitrogens is 2. The van der Waals surface area contributed by atoms with Crippen LogP contribution in [0.25, 0.3) is 50.8 Å². The SMILES string of the molecule is C1=C2C=c3cc(-c4ccc5ccc6cccnc6c5n4)ccc3=C2c2ccccc21. The Hall–Kier alpha value is -4.04. The third-order valence-electron chi connectivity index (χ3n) is 6.19. The zero-order valence-electron chi connectivity index (χ0n) is 16.1. The molecule has 2 aromatic heterocycles. The molecule has 0 amide bonds. The number of fused-ring (bicyclic) bond motifs is 7. The van der Waals surface area contributed by atoms with Crippen molar-refractivity contribution >= 4 is 39.5 Å². The maximum Gasteiger partial charge on any atom is 0.0972 e. The summed E-state index contributed by atoms with van der Waals surface area (Å²) in [5, 5.41) is 4.81. The van der Waals surface area contributed by atoms with Crippen LogP contribution in [0.2, 0.25) is 0 Å². The molecule has 30 heavy (non-hydrogen) atoms. The lowest BCUT2D eigenvalue weighted by molar-refractivity contribution is 1.36. The van der Waals surface area contributed by atoms with Crippen molar-refractivity contribution in [2.24, 2.45) is 0 Å². The molecule has 2 heterocycles. The molecule has 0 saturated carbocycles. The average Bonchev–Trinajstić information content (AvgIpc) is 3.34. The van der Waals surface area contributed by atoms with E-state index in [1.54, 1.807) is 0 Å². The maximum atomic E-state index is 5.01. The average molecular weight is 380 g/mol. The first-order valence-electron chi connectivity index (χ1n) is 10.2. The third-order valence-corrected chi connectivity index (χ3v) is 6.19. The van der Waals surface area contributed by atoms with Crippen molar-refractivity contribution in [3.63, 3.8) is 0 Å². The molecule has 2 nitrogen and oxygen atoms in total.